The average molecular weight is 295 g/mol. The van der Waals surface area contributed by atoms with Crippen LogP contribution in [0.3, 0.4) is 0 Å². The number of H-pyrrole nitrogens is 1. The molecule has 0 saturated carbocycles. The van der Waals surface area contributed by atoms with Gasteiger partial charge in [-0.1, -0.05) is 24.3 Å². The Balaban J connectivity index is 1.51. The number of benzene rings is 2. The molecule has 0 radical (unpaired) electrons. The number of nitrogens with zero attached hydrogens (tertiary/aromatic N) is 1. The Morgan fingerprint density at radius 1 is 1.23 bits per heavy atom. The minimum Gasteiger partial charge on any atom is -0.484 e. The predicted molar refractivity (Wildman–Crippen MR) is 84.6 cm³/mol. The highest BCUT2D eigenvalue weighted by atomic mass is 16.5. The van der Waals surface area contributed by atoms with E-state index in [-0.39, 0.29) is 12.5 Å². The van der Waals surface area contributed by atoms with Crippen LogP contribution in [0.2, 0.25) is 0 Å². The summed E-state index contributed by atoms with van der Waals surface area (Å²) in [5.74, 6) is 1.24. The maximum Gasteiger partial charge on any atom is 0.258 e. The van der Waals surface area contributed by atoms with Crippen LogP contribution < -0.4 is 10.1 Å². The number of aromatic amines is 1. The van der Waals surface area contributed by atoms with Crippen LogP contribution in [0.5, 0.6) is 5.75 Å². The SMILES string of the molecule is Cc1cccc(OCC(=O)NCc2nc3ccccc3[nH]2)c1. The summed E-state index contributed by atoms with van der Waals surface area (Å²) in [5.41, 5.74) is 2.95. The van der Waals surface area contributed by atoms with Gasteiger partial charge in [-0.15, -0.1) is 0 Å². The van der Waals surface area contributed by atoms with Crippen molar-refractivity contribution < 1.29 is 9.53 Å². The van der Waals surface area contributed by atoms with E-state index in [0.717, 1.165) is 22.4 Å². The number of carbonyl (C=O) groups excluding carboxylic acids is 1. The van der Waals surface area contributed by atoms with Gasteiger partial charge in [0.2, 0.25) is 0 Å². The zero-order valence-electron chi connectivity index (χ0n) is 12.3. The molecule has 0 aliphatic carbocycles. The van der Waals surface area contributed by atoms with Crippen molar-refractivity contribution in [3.63, 3.8) is 0 Å². The van der Waals surface area contributed by atoms with Crippen LogP contribution in [0.4, 0.5) is 0 Å². The Kier molecular flexibility index (Phi) is 4.05. The zero-order valence-corrected chi connectivity index (χ0v) is 12.3. The number of para-hydroxylation sites is 2. The molecular weight excluding hydrogens is 278 g/mol. The van der Waals surface area contributed by atoms with Crippen LogP contribution in [0.25, 0.3) is 11.0 Å². The molecule has 0 saturated heterocycles. The molecule has 0 unspecified atom stereocenters. The standard InChI is InChI=1S/C17H17N3O2/c1-12-5-4-6-13(9-12)22-11-17(21)18-10-16-19-14-7-2-3-8-15(14)20-16/h2-9H,10-11H2,1H3,(H,18,21)(H,19,20). The summed E-state index contributed by atoms with van der Waals surface area (Å²) in [5, 5.41) is 2.79. The fraction of sp³-hybridized carbons (Fsp3) is 0.176. The summed E-state index contributed by atoms with van der Waals surface area (Å²) in [6.45, 7) is 2.32. The molecule has 2 aromatic carbocycles. The van der Waals surface area contributed by atoms with Gasteiger partial charge in [0.15, 0.2) is 6.61 Å². The number of ether oxygens (including phenoxy) is 1. The number of carbonyl (C=O) groups is 1. The molecule has 1 aromatic heterocycles. The zero-order chi connectivity index (χ0) is 15.4. The van der Waals surface area contributed by atoms with Gasteiger partial charge in [-0.05, 0) is 36.8 Å². The highest BCUT2D eigenvalue weighted by Crippen LogP contribution is 2.12. The van der Waals surface area contributed by atoms with Crippen molar-refractivity contribution >= 4 is 16.9 Å². The van der Waals surface area contributed by atoms with Gasteiger partial charge < -0.3 is 15.0 Å². The van der Waals surface area contributed by atoms with Crippen molar-refractivity contribution in [1.82, 2.24) is 15.3 Å². The van der Waals surface area contributed by atoms with Gasteiger partial charge in [-0.3, -0.25) is 4.79 Å². The molecule has 3 rings (SSSR count). The minimum atomic E-state index is -0.179. The lowest BCUT2D eigenvalue weighted by atomic mass is 10.2. The fourth-order valence-electron chi connectivity index (χ4n) is 2.18. The quantitative estimate of drug-likeness (QED) is 0.760. The molecule has 3 aromatic rings. The van der Waals surface area contributed by atoms with Crippen molar-refractivity contribution in [2.24, 2.45) is 0 Å². The lowest BCUT2D eigenvalue weighted by Crippen LogP contribution is -2.28. The summed E-state index contributed by atoms with van der Waals surface area (Å²) in [6, 6.07) is 15.4. The van der Waals surface area contributed by atoms with Crippen LogP contribution in [0.15, 0.2) is 48.5 Å². The first kappa shape index (κ1) is 14.1. The van der Waals surface area contributed by atoms with E-state index in [2.05, 4.69) is 15.3 Å². The van der Waals surface area contributed by atoms with Crippen molar-refractivity contribution in [3.05, 3.63) is 59.9 Å². The second-order valence-corrected chi connectivity index (χ2v) is 5.08. The van der Waals surface area contributed by atoms with E-state index in [4.69, 9.17) is 4.74 Å². The van der Waals surface area contributed by atoms with Gasteiger partial charge in [-0.25, -0.2) is 4.98 Å². The lowest BCUT2D eigenvalue weighted by Gasteiger charge is -2.07. The molecule has 5 heteroatoms. The first-order valence-electron chi connectivity index (χ1n) is 7.10. The normalized spacial score (nSPS) is 10.6. The lowest BCUT2D eigenvalue weighted by molar-refractivity contribution is -0.123. The maximum atomic E-state index is 11.8. The number of rotatable bonds is 5. The molecule has 0 aliphatic rings. The van der Waals surface area contributed by atoms with Crippen molar-refractivity contribution in [2.75, 3.05) is 6.61 Å². The van der Waals surface area contributed by atoms with E-state index in [1.54, 1.807) is 0 Å². The van der Waals surface area contributed by atoms with Gasteiger partial charge >= 0.3 is 0 Å². The van der Waals surface area contributed by atoms with Crippen LogP contribution >= 0.6 is 0 Å². The summed E-state index contributed by atoms with van der Waals surface area (Å²) >= 11 is 0. The second-order valence-electron chi connectivity index (χ2n) is 5.08. The fourth-order valence-corrected chi connectivity index (χ4v) is 2.18. The third-order valence-corrected chi connectivity index (χ3v) is 3.25. The summed E-state index contributed by atoms with van der Waals surface area (Å²) in [4.78, 5) is 19.4. The highest BCUT2D eigenvalue weighted by molar-refractivity contribution is 5.78. The molecule has 1 amide bonds. The number of aromatic nitrogens is 2. The van der Waals surface area contributed by atoms with Crippen LogP contribution in [-0.4, -0.2) is 22.5 Å². The molecular formula is C17H17N3O2. The topological polar surface area (TPSA) is 67.0 Å². The van der Waals surface area contributed by atoms with E-state index in [1.807, 2.05) is 55.5 Å². The van der Waals surface area contributed by atoms with Crippen LogP contribution in [-0.2, 0) is 11.3 Å². The Hall–Kier alpha value is -2.82. The highest BCUT2D eigenvalue weighted by Gasteiger charge is 2.06. The average Bonchev–Trinajstić information content (AvgIpc) is 2.94. The molecule has 0 bridgehead atoms. The Labute approximate surface area is 128 Å². The summed E-state index contributed by atoms with van der Waals surface area (Å²) in [7, 11) is 0. The second kappa shape index (κ2) is 6.30. The number of aryl methyl sites for hydroxylation is 1. The van der Waals surface area contributed by atoms with E-state index in [0.29, 0.717) is 12.3 Å². The molecule has 22 heavy (non-hydrogen) atoms. The van der Waals surface area contributed by atoms with Crippen LogP contribution in [0, 0.1) is 6.92 Å². The molecule has 0 fully saturated rings. The van der Waals surface area contributed by atoms with E-state index in [9.17, 15) is 4.79 Å². The molecule has 0 atom stereocenters. The van der Waals surface area contributed by atoms with Gasteiger partial charge in [0, 0.05) is 0 Å². The largest absolute Gasteiger partial charge is 0.484 e. The Bertz CT molecular complexity index is 762. The summed E-state index contributed by atoms with van der Waals surface area (Å²) in [6.07, 6.45) is 0. The van der Waals surface area contributed by atoms with E-state index in [1.165, 1.54) is 0 Å². The number of fused-ring (bicyclic) bond motifs is 1. The Morgan fingerprint density at radius 2 is 2.09 bits per heavy atom. The molecule has 112 valence electrons. The van der Waals surface area contributed by atoms with E-state index >= 15 is 0 Å². The molecule has 5 nitrogen and oxygen atoms in total. The first-order valence-corrected chi connectivity index (χ1v) is 7.10. The predicted octanol–water partition coefficient (Wildman–Crippen LogP) is 2.57. The van der Waals surface area contributed by atoms with Crippen molar-refractivity contribution in [2.45, 2.75) is 13.5 Å². The van der Waals surface area contributed by atoms with Crippen molar-refractivity contribution in [3.8, 4) is 5.75 Å². The molecule has 0 spiro atoms. The van der Waals surface area contributed by atoms with Crippen molar-refractivity contribution in [1.29, 1.82) is 0 Å². The number of amides is 1. The maximum absolute atomic E-state index is 11.8. The monoisotopic (exact) mass is 295 g/mol. The number of imidazole rings is 1. The van der Waals surface area contributed by atoms with Gasteiger partial charge in [-0.2, -0.15) is 0 Å². The van der Waals surface area contributed by atoms with Crippen LogP contribution in [0.1, 0.15) is 11.4 Å². The number of hydrogen-bond donors (Lipinski definition) is 2. The van der Waals surface area contributed by atoms with Gasteiger partial charge in [0.1, 0.15) is 11.6 Å². The summed E-state index contributed by atoms with van der Waals surface area (Å²) < 4.78 is 5.45. The first-order chi connectivity index (χ1) is 10.7. The number of hydrogen-bond acceptors (Lipinski definition) is 3. The van der Waals surface area contributed by atoms with E-state index < -0.39 is 0 Å². The molecule has 0 aliphatic heterocycles. The Morgan fingerprint density at radius 3 is 2.91 bits per heavy atom. The third kappa shape index (κ3) is 3.44. The minimum absolute atomic E-state index is 0.0102. The smallest absolute Gasteiger partial charge is 0.258 e. The van der Waals surface area contributed by atoms with Gasteiger partial charge in [0.05, 0.1) is 17.6 Å². The third-order valence-electron chi connectivity index (χ3n) is 3.25. The number of nitrogens with one attached hydrogen (secondary N) is 2. The molecule has 2 N–H and O–H groups in total. The molecule has 1 heterocycles. The van der Waals surface area contributed by atoms with Gasteiger partial charge in [0.25, 0.3) is 5.91 Å².